The van der Waals surface area contributed by atoms with E-state index in [0.717, 1.165) is 11.1 Å². The zero-order valence-electron chi connectivity index (χ0n) is 14.5. The summed E-state index contributed by atoms with van der Waals surface area (Å²) in [5, 5.41) is 0. The Morgan fingerprint density at radius 2 is 0.692 bits per heavy atom. The molecule has 0 atom stereocenters. The van der Waals surface area contributed by atoms with Gasteiger partial charge in [0.2, 0.25) is 0 Å². The van der Waals surface area contributed by atoms with Crippen molar-refractivity contribution in [2.45, 2.75) is 6.04 Å². The highest BCUT2D eigenvalue weighted by Gasteiger charge is 2.09. The van der Waals surface area contributed by atoms with Crippen molar-refractivity contribution in [3.8, 4) is 22.3 Å². The van der Waals surface area contributed by atoms with Crippen LogP contribution in [-0.4, -0.2) is 0 Å². The van der Waals surface area contributed by atoms with Crippen LogP contribution in [0.15, 0.2) is 109 Å². The third kappa shape index (κ3) is 3.44. The van der Waals surface area contributed by atoms with Crippen LogP contribution in [-0.2, 0) is 0 Å². The molecule has 0 fully saturated rings. The Morgan fingerprint density at radius 3 is 1.04 bits per heavy atom. The molecule has 0 spiro atoms. The predicted octanol–water partition coefficient (Wildman–Crippen LogP) is 6.07. The molecule has 0 saturated heterocycles. The average molecular weight is 335 g/mol. The second kappa shape index (κ2) is 7.38. The lowest BCUT2D eigenvalue weighted by molar-refractivity contribution is 0.872. The molecule has 0 bridgehead atoms. The fourth-order valence-corrected chi connectivity index (χ4v) is 3.22. The Labute approximate surface area is 154 Å². The van der Waals surface area contributed by atoms with Gasteiger partial charge in [-0.2, -0.15) is 0 Å². The SMILES string of the molecule is NC(c1ccc(-c2ccccc2)cc1)c1ccc(-c2ccccc2)cc1. The van der Waals surface area contributed by atoms with Gasteiger partial charge in [0, 0.05) is 0 Å². The molecular formula is C25H21N. The van der Waals surface area contributed by atoms with E-state index in [0.29, 0.717) is 0 Å². The zero-order valence-corrected chi connectivity index (χ0v) is 14.5. The van der Waals surface area contributed by atoms with Crippen molar-refractivity contribution >= 4 is 0 Å². The molecule has 0 unspecified atom stereocenters. The van der Waals surface area contributed by atoms with Gasteiger partial charge in [-0.1, -0.05) is 109 Å². The lowest BCUT2D eigenvalue weighted by Gasteiger charge is -2.14. The molecule has 1 nitrogen and oxygen atoms in total. The van der Waals surface area contributed by atoms with Crippen molar-refractivity contribution in [3.05, 3.63) is 120 Å². The van der Waals surface area contributed by atoms with E-state index in [-0.39, 0.29) is 6.04 Å². The number of benzene rings is 4. The van der Waals surface area contributed by atoms with Crippen molar-refractivity contribution in [2.24, 2.45) is 5.73 Å². The molecule has 4 aromatic rings. The fraction of sp³-hybridized carbons (Fsp3) is 0.0400. The maximum absolute atomic E-state index is 6.49. The monoisotopic (exact) mass is 335 g/mol. The maximum atomic E-state index is 6.49. The molecule has 2 N–H and O–H groups in total. The first kappa shape index (κ1) is 16.3. The van der Waals surface area contributed by atoms with Gasteiger partial charge in [-0.25, -0.2) is 0 Å². The van der Waals surface area contributed by atoms with Gasteiger partial charge in [-0.15, -0.1) is 0 Å². The first-order chi connectivity index (χ1) is 12.8. The molecule has 0 heterocycles. The highest BCUT2D eigenvalue weighted by Crippen LogP contribution is 2.26. The molecule has 4 rings (SSSR count). The summed E-state index contributed by atoms with van der Waals surface area (Å²) in [6, 6.07) is 37.7. The Balaban J connectivity index is 1.55. The van der Waals surface area contributed by atoms with Crippen LogP contribution < -0.4 is 5.73 Å². The predicted molar refractivity (Wildman–Crippen MR) is 110 cm³/mol. The van der Waals surface area contributed by atoms with Crippen LogP contribution in [0.1, 0.15) is 17.2 Å². The van der Waals surface area contributed by atoms with Crippen LogP contribution in [0.3, 0.4) is 0 Å². The first-order valence-corrected chi connectivity index (χ1v) is 8.87. The average Bonchev–Trinajstić information content (AvgIpc) is 2.75. The summed E-state index contributed by atoms with van der Waals surface area (Å²) >= 11 is 0. The van der Waals surface area contributed by atoms with Crippen molar-refractivity contribution in [2.75, 3.05) is 0 Å². The van der Waals surface area contributed by atoms with Crippen LogP contribution >= 0.6 is 0 Å². The summed E-state index contributed by atoms with van der Waals surface area (Å²) in [5.74, 6) is 0. The van der Waals surface area contributed by atoms with Gasteiger partial charge in [0.25, 0.3) is 0 Å². The van der Waals surface area contributed by atoms with Crippen LogP contribution in [0.2, 0.25) is 0 Å². The minimum absolute atomic E-state index is 0.121. The van der Waals surface area contributed by atoms with Crippen molar-refractivity contribution in [1.29, 1.82) is 0 Å². The van der Waals surface area contributed by atoms with Crippen LogP contribution in [0, 0.1) is 0 Å². The van der Waals surface area contributed by atoms with Gasteiger partial charge in [0.15, 0.2) is 0 Å². The Bertz CT molecular complexity index is 873. The molecule has 0 radical (unpaired) electrons. The van der Waals surface area contributed by atoms with E-state index in [1.165, 1.54) is 22.3 Å². The minimum atomic E-state index is -0.121. The normalized spacial score (nSPS) is 10.8. The molecular weight excluding hydrogens is 314 g/mol. The Morgan fingerprint density at radius 1 is 0.385 bits per heavy atom. The van der Waals surface area contributed by atoms with E-state index in [1.807, 2.05) is 12.1 Å². The largest absolute Gasteiger partial charge is 0.320 e. The van der Waals surface area contributed by atoms with Crippen LogP contribution in [0.25, 0.3) is 22.3 Å². The smallest absolute Gasteiger partial charge is 0.0551 e. The summed E-state index contributed by atoms with van der Waals surface area (Å²) in [4.78, 5) is 0. The van der Waals surface area contributed by atoms with Crippen LogP contribution in [0.4, 0.5) is 0 Å². The van der Waals surface area contributed by atoms with E-state index in [9.17, 15) is 0 Å². The van der Waals surface area contributed by atoms with Gasteiger partial charge in [-0.3, -0.25) is 0 Å². The standard InChI is InChI=1S/C25H21N/c26-25(23-15-11-21(12-16-23)19-7-3-1-4-8-19)24-17-13-22(14-18-24)20-9-5-2-6-10-20/h1-18,25H,26H2. The maximum Gasteiger partial charge on any atom is 0.0551 e. The molecule has 0 aliphatic rings. The number of nitrogens with two attached hydrogens (primary N) is 1. The number of rotatable bonds is 4. The molecule has 1 heteroatoms. The van der Waals surface area contributed by atoms with E-state index in [4.69, 9.17) is 5.73 Å². The van der Waals surface area contributed by atoms with Gasteiger partial charge in [0.1, 0.15) is 0 Å². The third-order valence-corrected chi connectivity index (χ3v) is 4.75. The van der Waals surface area contributed by atoms with Crippen molar-refractivity contribution in [3.63, 3.8) is 0 Å². The van der Waals surface area contributed by atoms with E-state index < -0.39 is 0 Å². The van der Waals surface area contributed by atoms with Crippen LogP contribution in [0.5, 0.6) is 0 Å². The molecule has 0 amide bonds. The number of hydrogen-bond donors (Lipinski definition) is 1. The second-order valence-electron chi connectivity index (χ2n) is 6.45. The molecule has 126 valence electrons. The second-order valence-corrected chi connectivity index (χ2v) is 6.45. The lowest BCUT2D eigenvalue weighted by Crippen LogP contribution is -2.11. The Kier molecular flexibility index (Phi) is 4.63. The summed E-state index contributed by atoms with van der Waals surface area (Å²) in [7, 11) is 0. The van der Waals surface area contributed by atoms with E-state index in [1.54, 1.807) is 0 Å². The quantitative estimate of drug-likeness (QED) is 0.481. The molecule has 0 saturated carbocycles. The molecule has 0 aliphatic heterocycles. The Hall–Kier alpha value is -3.16. The topological polar surface area (TPSA) is 26.0 Å². The zero-order chi connectivity index (χ0) is 17.8. The lowest BCUT2D eigenvalue weighted by atomic mass is 9.95. The minimum Gasteiger partial charge on any atom is -0.320 e. The van der Waals surface area contributed by atoms with E-state index in [2.05, 4.69) is 97.1 Å². The fourth-order valence-electron chi connectivity index (χ4n) is 3.22. The molecule has 0 aliphatic carbocycles. The summed E-state index contributed by atoms with van der Waals surface area (Å²) < 4.78 is 0. The summed E-state index contributed by atoms with van der Waals surface area (Å²) in [5.41, 5.74) is 13.6. The van der Waals surface area contributed by atoms with Gasteiger partial charge >= 0.3 is 0 Å². The molecule has 4 aromatic carbocycles. The number of hydrogen-bond acceptors (Lipinski definition) is 1. The summed E-state index contributed by atoms with van der Waals surface area (Å²) in [6.45, 7) is 0. The molecule has 0 aromatic heterocycles. The van der Waals surface area contributed by atoms with Crippen molar-refractivity contribution in [1.82, 2.24) is 0 Å². The van der Waals surface area contributed by atoms with Gasteiger partial charge < -0.3 is 5.73 Å². The highest BCUT2D eigenvalue weighted by atomic mass is 14.6. The highest BCUT2D eigenvalue weighted by molar-refractivity contribution is 5.65. The summed E-state index contributed by atoms with van der Waals surface area (Å²) in [6.07, 6.45) is 0. The third-order valence-electron chi connectivity index (χ3n) is 4.75. The van der Waals surface area contributed by atoms with Gasteiger partial charge in [0.05, 0.1) is 6.04 Å². The van der Waals surface area contributed by atoms with Crippen molar-refractivity contribution < 1.29 is 0 Å². The molecule has 26 heavy (non-hydrogen) atoms. The van der Waals surface area contributed by atoms with Gasteiger partial charge in [-0.05, 0) is 33.4 Å². The first-order valence-electron chi connectivity index (χ1n) is 8.87. The van der Waals surface area contributed by atoms with E-state index >= 15 is 0 Å².